The monoisotopic (exact) mass is 271 g/mol. The van der Waals surface area contributed by atoms with Gasteiger partial charge >= 0.3 is 0 Å². The Morgan fingerprint density at radius 2 is 2.05 bits per heavy atom. The van der Waals surface area contributed by atoms with Gasteiger partial charge in [-0.2, -0.15) is 0 Å². The number of hydrogen-bond donors (Lipinski definition) is 2. The second-order valence-electron chi connectivity index (χ2n) is 5.21. The number of benzene rings is 1. The minimum absolute atomic E-state index is 0.446. The first-order valence-corrected chi connectivity index (χ1v) is 7.06. The highest BCUT2D eigenvalue weighted by Gasteiger charge is 2.18. The highest BCUT2D eigenvalue weighted by atomic mass is 16.6. The fourth-order valence-electron chi connectivity index (χ4n) is 2.80. The van der Waals surface area contributed by atoms with E-state index in [4.69, 9.17) is 9.47 Å². The van der Waals surface area contributed by atoms with Gasteiger partial charge in [-0.3, -0.25) is 0 Å². The van der Waals surface area contributed by atoms with Crippen molar-refractivity contribution in [2.45, 2.75) is 12.5 Å². The molecule has 0 saturated carbocycles. The van der Waals surface area contributed by atoms with Crippen LogP contribution in [0.4, 0.5) is 5.82 Å². The summed E-state index contributed by atoms with van der Waals surface area (Å²) in [6.07, 6.45) is 2.96. The highest BCUT2D eigenvalue weighted by Crippen LogP contribution is 2.36. The van der Waals surface area contributed by atoms with Crippen LogP contribution >= 0.6 is 0 Å². The zero-order chi connectivity index (χ0) is 13.4. The number of aromatic nitrogens is 1. The summed E-state index contributed by atoms with van der Waals surface area (Å²) in [6.45, 7) is 3.27. The van der Waals surface area contributed by atoms with E-state index in [1.807, 2.05) is 24.4 Å². The maximum Gasteiger partial charge on any atom is 0.162 e. The number of hydrogen-bond acceptors (Lipinski definition) is 5. The SMILES string of the molecule is c1cc2cc3c(cc2c(NC2CCNC2)n1)OCCO3. The van der Waals surface area contributed by atoms with Crippen LogP contribution in [0.2, 0.25) is 0 Å². The third-order valence-corrected chi connectivity index (χ3v) is 3.83. The number of anilines is 1. The molecule has 0 amide bonds. The molecule has 2 N–H and O–H groups in total. The molecular formula is C15H17N3O2. The van der Waals surface area contributed by atoms with Gasteiger partial charge in [0.1, 0.15) is 19.0 Å². The number of pyridine rings is 1. The van der Waals surface area contributed by atoms with Crippen molar-refractivity contribution in [3.05, 3.63) is 24.4 Å². The van der Waals surface area contributed by atoms with E-state index in [-0.39, 0.29) is 0 Å². The van der Waals surface area contributed by atoms with Gasteiger partial charge in [0.25, 0.3) is 0 Å². The van der Waals surface area contributed by atoms with Crippen molar-refractivity contribution in [1.82, 2.24) is 10.3 Å². The summed E-state index contributed by atoms with van der Waals surface area (Å²) >= 11 is 0. The van der Waals surface area contributed by atoms with E-state index in [0.29, 0.717) is 19.3 Å². The Morgan fingerprint density at radius 3 is 2.85 bits per heavy atom. The van der Waals surface area contributed by atoms with Crippen LogP contribution in [-0.4, -0.2) is 37.3 Å². The Morgan fingerprint density at radius 1 is 1.20 bits per heavy atom. The van der Waals surface area contributed by atoms with Crippen molar-refractivity contribution in [1.29, 1.82) is 0 Å². The Hall–Kier alpha value is -2.01. The van der Waals surface area contributed by atoms with E-state index in [0.717, 1.165) is 47.6 Å². The molecule has 20 heavy (non-hydrogen) atoms. The number of rotatable bonds is 2. The third-order valence-electron chi connectivity index (χ3n) is 3.83. The highest BCUT2D eigenvalue weighted by molar-refractivity contribution is 5.94. The molecule has 3 heterocycles. The summed E-state index contributed by atoms with van der Waals surface area (Å²) in [7, 11) is 0. The summed E-state index contributed by atoms with van der Waals surface area (Å²) in [5, 5.41) is 9.09. The van der Waals surface area contributed by atoms with Crippen LogP contribution in [0.3, 0.4) is 0 Å². The van der Waals surface area contributed by atoms with Crippen molar-refractivity contribution >= 4 is 16.6 Å². The molecule has 1 aromatic heterocycles. The number of fused-ring (bicyclic) bond motifs is 2. The van der Waals surface area contributed by atoms with Crippen LogP contribution in [0, 0.1) is 0 Å². The van der Waals surface area contributed by atoms with Crippen molar-refractivity contribution in [2.75, 3.05) is 31.6 Å². The normalized spacial score (nSPS) is 21.1. The lowest BCUT2D eigenvalue weighted by Gasteiger charge is -2.20. The van der Waals surface area contributed by atoms with Crippen molar-refractivity contribution < 1.29 is 9.47 Å². The summed E-state index contributed by atoms with van der Waals surface area (Å²) in [4.78, 5) is 4.48. The molecular weight excluding hydrogens is 254 g/mol. The predicted molar refractivity (Wildman–Crippen MR) is 77.6 cm³/mol. The molecule has 1 saturated heterocycles. The summed E-state index contributed by atoms with van der Waals surface area (Å²) < 4.78 is 11.3. The van der Waals surface area contributed by atoms with Gasteiger partial charge in [-0.1, -0.05) is 0 Å². The lowest BCUT2D eigenvalue weighted by atomic mass is 10.1. The summed E-state index contributed by atoms with van der Waals surface area (Å²) in [5.41, 5.74) is 0. The average Bonchev–Trinajstić information content (AvgIpc) is 2.99. The quantitative estimate of drug-likeness (QED) is 0.872. The van der Waals surface area contributed by atoms with Crippen LogP contribution in [0.25, 0.3) is 10.8 Å². The van der Waals surface area contributed by atoms with Gasteiger partial charge < -0.3 is 20.1 Å². The Balaban J connectivity index is 1.76. The molecule has 1 fully saturated rings. The Bertz CT molecular complexity index is 638. The van der Waals surface area contributed by atoms with E-state index in [1.165, 1.54) is 0 Å². The maximum absolute atomic E-state index is 5.66. The van der Waals surface area contributed by atoms with Gasteiger partial charge in [-0.15, -0.1) is 0 Å². The van der Waals surface area contributed by atoms with Gasteiger partial charge in [0.2, 0.25) is 0 Å². The van der Waals surface area contributed by atoms with E-state index >= 15 is 0 Å². The van der Waals surface area contributed by atoms with Crippen molar-refractivity contribution in [3.63, 3.8) is 0 Å². The molecule has 0 radical (unpaired) electrons. The van der Waals surface area contributed by atoms with Gasteiger partial charge in [-0.05, 0) is 36.6 Å². The molecule has 0 aliphatic carbocycles. The molecule has 0 spiro atoms. The van der Waals surface area contributed by atoms with E-state index in [1.54, 1.807) is 0 Å². The van der Waals surface area contributed by atoms with E-state index in [2.05, 4.69) is 15.6 Å². The van der Waals surface area contributed by atoms with Crippen LogP contribution < -0.4 is 20.1 Å². The first kappa shape index (κ1) is 11.8. The predicted octanol–water partition coefficient (Wildman–Crippen LogP) is 1.78. The largest absolute Gasteiger partial charge is 0.486 e. The average molecular weight is 271 g/mol. The Labute approximate surface area is 117 Å². The lowest BCUT2D eigenvalue weighted by molar-refractivity contribution is 0.172. The van der Waals surface area contributed by atoms with Gasteiger partial charge in [0.15, 0.2) is 11.5 Å². The van der Waals surface area contributed by atoms with Crippen molar-refractivity contribution in [3.8, 4) is 11.5 Å². The van der Waals surface area contributed by atoms with Crippen molar-refractivity contribution in [2.24, 2.45) is 0 Å². The molecule has 2 aliphatic rings. The molecule has 0 bridgehead atoms. The molecule has 1 aromatic carbocycles. The van der Waals surface area contributed by atoms with Crippen LogP contribution in [0.5, 0.6) is 11.5 Å². The van der Waals surface area contributed by atoms with Gasteiger partial charge in [0.05, 0.1) is 0 Å². The minimum atomic E-state index is 0.446. The maximum atomic E-state index is 5.66. The summed E-state index contributed by atoms with van der Waals surface area (Å²) in [6, 6.07) is 6.51. The molecule has 4 rings (SSSR count). The second kappa shape index (κ2) is 4.83. The van der Waals surface area contributed by atoms with Crippen LogP contribution in [-0.2, 0) is 0 Å². The van der Waals surface area contributed by atoms with Gasteiger partial charge in [0, 0.05) is 24.2 Å². The van der Waals surface area contributed by atoms with E-state index < -0.39 is 0 Å². The van der Waals surface area contributed by atoms with Crippen LogP contribution in [0.1, 0.15) is 6.42 Å². The number of nitrogens with one attached hydrogen (secondary N) is 2. The standard InChI is InChI=1S/C15H17N3O2/c1-4-17-15(18-11-2-3-16-9-11)12-8-14-13(7-10(1)12)19-5-6-20-14/h1,4,7-8,11,16H,2-3,5-6,9H2,(H,17,18). The van der Waals surface area contributed by atoms with Crippen LogP contribution in [0.15, 0.2) is 24.4 Å². The molecule has 5 heteroatoms. The zero-order valence-corrected chi connectivity index (χ0v) is 11.2. The summed E-state index contributed by atoms with van der Waals surface area (Å²) in [5.74, 6) is 2.56. The number of ether oxygens (including phenoxy) is 2. The van der Waals surface area contributed by atoms with E-state index in [9.17, 15) is 0 Å². The zero-order valence-electron chi connectivity index (χ0n) is 11.2. The van der Waals surface area contributed by atoms with Gasteiger partial charge in [-0.25, -0.2) is 4.98 Å². The lowest BCUT2D eigenvalue weighted by Crippen LogP contribution is -2.22. The fraction of sp³-hybridized carbons (Fsp3) is 0.400. The minimum Gasteiger partial charge on any atom is -0.486 e. The Kier molecular flexibility index (Phi) is 2.85. The topological polar surface area (TPSA) is 55.4 Å². The molecule has 1 atom stereocenters. The fourth-order valence-corrected chi connectivity index (χ4v) is 2.80. The first-order chi connectivity index (χ1) is 9.90. The molecule has 1 unspecified atom stereocenters. The molecule has 104 valence electrons. The first-order valence-electron chi connectivity index (χ1n) is 7.06. The molecule has 5 nitrogen and oxygen atoms in total. The smallest absolute Gasteiger partial charge is 0.162 e. The molecule has 2 aromatic rings. The second-order valence-corrected chi connectivity index (χ2v) is 5.21. The third kappa shape index (κ3) is 2.04. The molecule has 2 aliphatic heterocycles. The number of nitrogens with zero attached hydrogens (tertiary/aromatic N) is 1.